The first-order valence-electron chi connectivity index (χ1n) is 13.0. The van der Waals surface area contributed by atoms with Crippen molar-refractivity contribution < 1.29 is 14.3 Å². The first-order chi connectivity index (χ1) is 18.7. The lowest BCUT2D eigenvalue weighted by atomic mass is 9.94. The smallest absolute Gasteiger partial charge is 0.410 e. The van der Waals surface area contributed by atoms with Gasteiger partial charge in [-0.3, -0.25) is 0 Å². The Morgan fingerprint density at radius 3 is 2.72 bits per heavy atom. The summed E-state index contributed by atoms with van der Waals surface area (Å²) in [4.78, 5) is 26.5. The fourth-order valence-corrected chi connectivity index (χ4v) is 6.25. The van der Waals surface area contributed by atoms with Crippen molar-refractivity contribution in [2.24, 2.45) is 0 Å². The van der Waals surface area contributed by atoms with E-state index in [9.17, 15) is 10.1 Å². The fraction of sp³-hybridized carbons (Fsp3) is 0.448. The van der Waals surface area contributed by atoms with Crippen molar-refractivity contribution in [1.82, 2.24) is 14.9 Å². The number of rotatable bonds is 4. The zero-order valence-electron chi connectivity index (χ0n) is 22.6. The van der Waals surface area contributed by atoms with Crippen LogP contribution < -0.4 is 4.90 Å². The summed E-state index contributed by atoms with van der Waals surface area (Å²) in [6, 6.07) is 14.5. The van der Waals surface area contributed by atoms with E-state index in [1.807, 2.05) is 33.1 Å². The predicted octanol–water partition coefficient (Wildman–Crippen LogP) is 6.27. The monoisotopic (exact) mass is 609 g/mol. The Labute approximate surface area is 241 Å². The molecule has 8 nitrogen and oxygen atoms in total. The third-order valence-electron chi connectivity index (χ3n) is 7.01. The Kier molecular flexibility index (Phi) is 8.04. The summed E-state index contributed by atoms with van der Waals surface area (Å²) in [5.74, 6) is 0.827. The van der Waals surface area contributed by atoms with Gasteiger partial charge >= 0.3 is 6.09 Å². The molecule has 3 aromatic rings. The van der Waals surface area contributed by atoms with Gasteiger partial charge in [-0.15, -0.1) is 0 Å². The standard InChI is InChI=1S/C29H32BrN5O3S/c1-29(2,3)38-28(36)35-14-13-34(16-19(35)11-12-31)26-21-17-37-24(15-23(21)32-27(33-26)39-4)20-9-5-7-18-8-6-10-22(30)25(18)20/h5-10,19,24H,11,13-17H2,1-4H3/t19-,24?/m0/s1. The van der Waals surface area contributed by atoms with Crippen LogP contribution in [-0.4, -0.2) is 58.5 Å². The summed E-state index contributed by atoms with van der Waals surface area (Å²) >= 11 is 5.24. The highest BCUT2D eigenvalue weighted by molar-refractivity contribution is 9.10. The topological polar surface area (TPSA) is 91.6 Å². The van der Waals surface area contributed by atoms with Gasteiger partial charge in [-0.2, -0.15) is 5.26 Å². The van der Waals surface area contributed by atoms with Gasteiger partial charge in [-0.25, -0.2) is 14.8 Å². The van der Waals surface area contributed by atoms with Crippen LogP contribution in [0.25, 0.3) is 10.8 Å². The van der Waals surface area contributed by atoms with Crippen molar-refractivity contribution in [3.05, 3.63) is 57.7 Å². The molecular formula is C29H32BrN5O3S. The molecule has 204 valence electrons. The Morgan fingerprint density at radius 2 is 2.00 bits per heavy atom. The highest BCUT2D eigenvalue weighted by Crippen LogP contribution is 2.39. The predicted molar refractivity (Wildman–Crippen MR) is 156 cm³/mol. The molecule has 1 saturated heterocycles. The summed E-state index contributed by atoms with van der Waals surface area (Å²) in [7, 11) is 0. The van der Waals surface area contributed by atoms with E-state index in [0.29, 0.717) is 37.8 Å². The number of ether oxygens (including phenoxy) is 2. The zero-order valence-corrected chi connectivity index (χ0v) is 25.0. The van der Waals surface area contributed by atoms with E-state index in [-0.39, 0.29) is 24.7 Å². The van der Waals surface area contributed by atoms with E-state index in [1.165, 1.54) is 11.8 Å². The molecule has 39 heavy (non-hydrogen) atoms. The molecule has 2 aliphatic heterocycles. The Morgan fingerprint density at radius 1 is 1.23 bits per heavy atom. The average molecular weight is 611 g/mol. The molecule has 1 fully saturated rings. The zero-order chi connectivity index (χ0) is 27.7. The number of hydrogen-bond acceptors (Lipinski definition) is 8. The molecule has 0 bridgehead atoms. The third kappa shape index (κ3) is 5.86. The molecule has 1 amide bonds. The highest BCUT2D eigenvalue weighted by Gasteiger charge is 2.36. The number of nitriles is 1. The molecule has 3 heterocycles. The third-order valence-corrected chi connectivity index (χ3v) is 8.22. The van der Waals surface area contributed by atoms with Crippen LogP contribution in [0.5, 0.6) is 0 Å². The normalized spacial score (nSPS) is 19.5. The van der Waals surface area contributed by atoms with Crippen LogP contribution in [0.3, 0.4) is 0 Å². The number of aromatic nitrogens is 2. The highest BCUT2D eigenvalue weighted by atomic mass is 79.9. The molecule has 2 aliphatic rings. The lowest BCUT2D eigenvalue weighted by molar-refractivity contribution is 0.0140. The maximum absolute atomic E-state index is 12.9. The number of nitrogens with zero attached hydrogens (tertiary/aromatic N) is 5. The second-order valence-electron chi connectivity index (χ2n) is 10.8. The van der Waals surface area contributed by atoms with Crippen LogP contribution in [0.2, 0.25) is 0 Å². The van der Waals surface area contributed by atoms with Crippen LogP contribution in [0.4, 0.5) is 10.6 Å². The lowest BCUT2D eigenvalue weighted by Crippen LogP contribution is -2.56. The van der Waals surface area contributed by atoms with E-state index in [0.717, 1.165) is 37.9 Å². The Hall–Kier alpha value is -2.87. The van der Waals surface area contributed by atoms with Crippen molar-refractivity contribution in [2.75, 3.05) is 30.8 Å². The van der Waals surface area contributed by atoms with E-state index in [1.54, 1.807) is 4.90 Å². The van der Waals surface area contributed by atoms with E-state index >= 15 is 0 Å². The first kappa shape index (κ1) is 27.7. The van der Waals surface area contributed by atoms with Gasteiger partial charge in [0, 0.05) is 41.5 Å². The average Bonchev–Trinajstić information content (AvgIpc) is 2.91. The minimum atomic E-state index is -0.599. The maximum Gasteiger partial charge on any atom is 0.410 e. The second kappa shape index (κ2) is 11.3. The Balaban J connectivity index is 1.44. The van der Waals surface area contributed by atoms with Crippen LogP contribution in [0.15, 0.2) is 46.0 Å². The van der Waals surface area contributed by atoms with Crippen molar-refractivity contribution in [3.8, 4) is 6.07 Å². The summed E-state index contributed by atoms with van der Waals surface area (Å²) in [5, 5.41) is 12.5. The van der Waals surface area contributed by atoms with Crippen LogP contribution in [-0.2, 0) is 22.5 Å². The molecule has 5 rings (SSSR count). The number of benzene rings is 2. The SMILES string of the molecule is CSc1nc2c(c(N3CCN(C(=O)OC(C)(C)C)[C@@H](CC#N)C3)n1)COC(c1cccc3cccc(Br)c13)C2. The summed E-state index contributed by atoms with van der Waals surface area (Å²) in [6.45, 7) is 7.45. The van der Waals surface area contributed by atoms with Crippen molar-refractivity contribution in [1.29, 1.82) is 5.26 Å². The van der Waals surface area contributed by atoms with Crippen LogP contribution in [0, 0.1) is 11.3 Å². The largest absolute Gasteiger partial charge is 0.444 e. The number of amides is 1. The van der Waals surface area contributed by atoms with Crippen molar-refractivity contribution in [2.45, 2.75) is 63.1 Å². The van der Waals surface area contributed by atoms with Gasteiger partial charge < -0.3 is 19.3 Å². The number of piperazine rings is 1. The second-order valence-corrected chi connectivity index (χ2v) is 12.4. The molecular weight excluding hydrogens is 578 g/mol. The molecule has 2 atom stereocenters. The van der Waals surface area contributed by atoms with Gasteiger partial charge in [-0.05, 0) is 44.0 Å². The molecule has 1 aromatic heterocycles. The maximum atomic E-state index is 12.9. The molecule has 10 heteroatoms. The summed E-state index contributed by atoms with van der Waals surface area (Å²) < 4.78 is 13.1. The Bertz CT molecular complexity index is 1430. The molecule has 0 saturated carbocycles. The molecule has 2 aromatic carbocycles. The van der Waals surface area contributed by atoms with Gasteiger partial charge in [0.2, 0.25) is 0 Å². The molecule has 0 N–H and O–H groups in total. The number of thioether (sulfide) groups is 1. The van der Waals surface area contributed by atoms with Gasteiger partial charge in [0.1, 0.15) is 11.4 Å². The first-order valence-corrected chi connectivity index (χ1v) is 15.0. The molecule has 0 spiro atoms. The molecule has 0 radical (unpaired) electrons. The van der Waals surface area contributed by atoms with Gasteiger partial charge in [0.25, 0.3) is 0 Å². The number of carbonyl (C=O) groups is 1. The van der Waals surface area contributed by atoms with E-state index in [4.69, 9.17) is 19.4 Å². The van der Waals surface area contributed by atoms with Gasteiger partial charge in [0.05, 0.1) is 36.9 Å². The number of carbonyl (C=O) groups excluding carboxylic acids is 1. The quantitative estimate of drug-likeness (QED) is 0.252. The van der Waals surface area contributed by atoms with E-state index in [2.05, 4.69) is 57.2 Å². The van der Waals surface area contributed by atoms with Crippen molar-refractivity contribution in [3.63, 3.8) is 0 Å². The van der Waals surface area contributed by atoms with Gasteiger partial charge in [0.15, 0.2) is 5.16 Å². The van der Waals surface area contributed by atoms with Crippen LogP contribution in [0.1, 0.15) is 50.1 Å². The minimum absolute atomic E-state index is 0.132. The van der Waals surface area contributed by atoms with Gasteiger partial charge in [-0.1, -0.05) is 58.0 Å². The minimum Gasteiger partial charge on any atom is -0.444 e. The number of fused-ring (bicyclic) bond motifs is 2. The van der Waals surface area contributed by atoms with E-state index < -0.39 is 5.60 Å². The fourth-order valence-electron chi connectivity index (χ4n) is 5.26. The molecule has 0 aliphatic carbocycles. The molecule has 1 unspecified atom stereocenters. The summed E-state index contributed by atoms with van der Waals surface area (Å²) in [5.41, 5.74) is 2.50. The summed E-state index contributed by atoms with van der Waals surface area (Å²) in [6.07, 6.45) is 2.31. The number of anilines is 1. The number of hydrogen-bond donors (Lipinski definition) is 0. The van der Waals surface area contributed by atoms with Crippen molar-refractivity contribution >= 4 is 50.4 Å². The van der Waals surface area contributed by atoms with Crippen LogP contribution >= 0.6 is 27.7 Å². The number of halogens is 1. The lowest BCUT2D eigenvalue weighted by Gasteiger charge is -2.42.